The van der Waals surface area contributed by atoms with Crippen molar-refractivity contribution >= 4 is 160 Å². The number of rotatable bonds is 40. The largest absolute Gasteiger partial charge is 0.505 e. The summed E-state index contributed by atoms with van der Waals surface area (Å²) >= 11 is 0.895. The lowest BCUT2D eigenvalue weighted by Crippen LogP contribution is -2.58. The predicted octanol–water partition coefficient (Wildman–Crippen LogP) is -0.908. The number of fused-ring (bicyclic) bond motifs is 1. The van der Waals surface area contributed by atoms with Crippen LogP contribution in [0.5, 0.6) is 5.75 Å². The van der Waals surface area contributed by atoms with Crippen molar-refractivity contribution in [2.75, 3.05) is 128 Å². The molecule has 3 aliphatic rings. The van der Waals surface area contributed by atoms with Crippen molar-refractivity contribution in [3.05, 3.63) is 102 Å². The molecule has 3 saturated heterocycles. The van der Waals surface area contributed by atoms with Crippen molar-refractivity contribution in [3.8, 4) is 16.9 Å². The lowest BCUT2D eigenvalue weighted by molar-refractivity contribution is -0.141. The zero-order chi connectivity index (χ0) is 96.0. The third-order valence-electron chi connectivity index (χ3n) is 21.4. The number of aryl methyl sites for hydroxylation is 2. The number of guanidine groups is 1. The van der Waals surface area contributed by atoms with E-state index in [2.05, 4.69) is 63.4 Å². The van der Waals surface area contributed by atoms with Gasteiger partial charge in [0.2, 0.25) is 65.0 Å². The fourth-order valence-electron chi connectivity index (χ4n) is 14.5. The van der Waals surface area contributed by atoms with Crippen molar-refractivity contribution in [1.29, 1.82) is 5.41 Å². The van der Waals surface area contributed by atoms with Gasteiger partial charge in [-0.25, -0.2) is 0 Å². The number of benzene rings is 5. The Morgan fingerprint density at radius 3 is 1.66 bits per heavy atom. The van der Waals surface area contributed by atoms with Crippen LogP contribution in [0.15, 0.2) is 105 Å². The monoisotopic (exact) mass is 1880 g/mol. The average molecular weight is 1890 g/mol. The van der Waals surface area contributed by atoms with E-state index in [1.165, 1.54) is 0 Å². The van der Waals surface area contributed by atoms with E-state index in [4.69, 9.17) is 16.9 Å². The molecule has 0 aromatic heterocycles. The molecule has 0 aliphatic carbocycles. The van der Waals surface area contributed by atoms with Gasteiger partial charge < -0.3 is 90.2 Å². The van der Waals surface area contributed by atoms with Gasteiger partial charge in [-0.1, -0.05) is 48.5 Å². The Kier molecular flexibility index (Phi) is 38.9. The molecule has 710 valence electrons. The van der Waals surface area contributed by atoms with Gasteiger partial charge in [-0.05, 0) is 129 Å². The first-order valence-electron chi connectivity index (χ1n) is 41.6. The molecule has 5 aromatic rings. The number of nitrogens with zero attached hydrogens (tertiary/aromatic N) is 7. The topological polar surface area (TPSA) is 703 Å². The number of phenols is 1. The number of nitrogen functional groups attached to an aromatic ring is 1. The molecule has 8 rings (SSSR count). The molecule has 3 aliphatic heterocycles. The van der Waals surface area contributed by atoms with Gasteiger partial charge in [-0.15, -0.1) is 16.9 Å². The molecule has 1 unspecified atom stereocenters. The molecule has 49 heteroatoms. The van der Waals surface area contributed by atoms with E-state index in [9.17, 15) is 123 Å². The number of likely N-dealkylation sites (tertiary alicyclic amines) is 1. The number of azo groups is 1. The molecule has 22 N–H and O–H groups in total. The van der Waals surface area contributed by atoms with E-state index in [1.54, 1.807) is 100 Å². The quantitative estimate of drug-likeness (QED) is 0.00429. The van der Waals surface area contributed by atoms with Crippen LogP contribution in [-0.2, 0) is 98.6 Å². The Bertz CT molecular complexity index is 5330. The number of aromatic hydroxyl groups is 1. The minimum atomic E-state index is -5.18. The summed E-state index contributed by atoms with van der Waals surface area (Å²) in [5.74, 6) is -14.6. The van der Waals surface area contributed by atoms with Crippen molar-refractivity contribution in [2.45, 2.75) is 136 Å². The molecule has 5 aromatic carbocycles. The summed E-state index contributed by atoms with van der Waals surface area (Å²) < 4.78 is 68.5. The first-order chi connectivity index (χ1) is 62.0. The lowest BCUT2D eigenvalue weighted by atomic mass is 10.00. The summed E-state index contributed by atoms with van der Waals surface area (Å²) in [6.07, 6.45) is -0.819. The zero-order valence-corrected chi connectivity index (χ0v) is 74.1. The number of unbranched alkanes of at least 4 members (excludes halogenated alkanes) is 2. The molecule has 0 bridgehead atoms. The van der Waals surface area contributed by atoms with Gasteiger partial charge in [0, 0.05) is 109 Å². The van der Waals surface area contributed by atoms with Gasteiger partial charge >= 0.3 is 23.9 Å². The van der Waals surface area contributed by atoms with Crippen LogP contribution in [0.25, 0.3) is 21.9 Å². The van der Waals surface area contributed by atoms with Gasteiger partial charge in [0.05, 0.1) is 66.9 Å². The average Bonchev–Trinajstić information content (AvgIpc) is 1.03. The maximum atomic E-state index is 14.6. The molecule has 6 atom stereocenters. The normalized spacial score (nSPS) is 18.5. The first kappa shape index (κ1) is 103. The number of thioether (sulfide) groups is 1. The van der Waals surface area contributed by atoms with Crippen molar-refractivity contribution < 1.29 is 123 Å². The van der Waals surface area contributed by atoms with Gasteiger partial charge in [-0.2, -0.15) is 21.9 Å². The maximum absolute atomic E-state index is 14.6. The maximum Gasteiger partial charge on any atom is 0.317 e. The molecule has 3 heterocycles. The minimum Gasteiger partial charge on any atom is -0.505 e. The molecule has 0 radical (unpaired) electrons. The van der Waals surface area contributed by atoms with Crippen LogP contribution in [0.4, 0.5) is 22.7 Å². The number of nitrogens with one attached hydrogen (secondary N) is 11. The van der Waals surface area contributed by atoms with E-state index >= 15 is 0 Å². The number of anilines is 2. The zero-order valence-electron chi connectivity index (χ0n) is 71.7. The summed E-state index contributed by atoms with van der Waals surface area (Å²) in [7, 11) is -10.3. The summed E-state index contributed by atoms with van der Waals surface area (Å²) in [6.45, 7) is 1.74. The number of hydrogen-bond acceptors (Lipinski definition) is 29. The number of nitrogens with two attached hydrogens (primary N) is 2. The number of carboxylic acid groups (broad SMARTS) is 4. The number of aliphatic carboxylic acids is 4. The summed E-state index contributed by atoms with van der Waals surface area (Å²) in [4.78, 5) is 204. The highest BCUT2D eigenvalue weighted by Gasteiger charge is 2.40. The van der Waals surface area contributed by atoms with E-state index in [1.807, 2.05) is 0 Å². The number of phenolic OH excluding ortho intramolecular Hbond substituents is 1. The van der Waals surface area contributed by atoms with Gasteiger partial charge in [0.25, 0.3) is 20.2 Å². The van der Waals surface area contributed by atoms with E-state index in [-0.39, 0.29) is 185 Å². The van der Waals surface area contributed by atoms with Crippen LogP contribution in [0, 0.1) is 19.3 Å². The smallest absolute Gasteiger partial charge is 0.317 e. The van der Waals surface area contributed by atoms with Gasteiger partial charge in [-0.3, -0.25) is 111 Å². The molecule has 131 heavy (non-hydrogen) atoms. The Morgan fingerprint density at radius 2 is 1.09 bits per heavy atom. The Balaban J connectivity index is 0.874. The molecular weight excluding hydrogens is 1780 g/mol. The third kappa shape index (κ3) is 32.9. The summed E-state index contributed by atoms with van der Waals surface area (Å²) in [5, 5.41) is 90.2. The van der Waals surface area contributed by atoms with E-state index in [0.717, 1.165) is 28.8 Å². The second-order valence-electron chi connectivity index (χ2n) is 31.3. The van der Waals surface area contributed by atoms with Crippen LogP contribution in [0.2, 0.25) is 0 Å². The summed E-state index contributed by atoms with van der Waals surface area (Å²) in [6, 6.07) is 14.1. The Morgan fingerprint density at radius 1 is 0.573 bits per heavy atom. The molecule has 0 saturated carbocycles. The van der Waals surface area contributed by atoms with Crippen molar-refractivity contribution in [1.82, 2.24) is 72.4 Å². The van der Waals surface area contributed by atoms with Crippen LogP contribution >= 0.6 is 11.8 Å². The molecule has 3 fully saturated rings. The van der Waals surface area contributed by atoms with Gasteiger partial charge in [0.15, 0.2) is 11.7 Å². The second-order valence-corrected chi connectivity index (χ2v) is 35.3. The van der Waals surface area contributed by atoms with E-state index in [0.29, 0.717) is 39.6 Å². The molecule has 11 amide bonds. The summed E-state index contributed by atoms with van der Waals surface area (Å²) in [5.41, 5.74) is 13.9. The second kappa shape index (κ2) is 49.2. The molecular formula is C82H108N20O26S3. The fourth-order valence-corrected chi connectivity index (χ4v) is 17.0. The minimum absolute atomic E-state index is 0.00464. The highest BCUT2D eigenvalue weighted by atomic mass is 32.2. The third-order valence-corrected chi connectivity index (χ3v) is 24.4. The fraction of sp³-hybridized carbons (Fsp3) is 0.463. The van der Waals surface area contributed by atoms with Crippen LogP contribution in [0.1, 0.15) is 87.3 Å². The van der Waals surface area contributed by atoms with E-state index < -0.39 is 203 Å². The van der Waals surface area contributed by atoms with Crippen LogP contribution < -0.4 is 64.6 Å². The number of carbonyl (C=O) groups excluding carboxylic acids is 11. The highest BCUT2D eigenvalue weighted by molar-refractivity contribution is 8.01. The van der Waals surface area contributed by atoms with Crippen molar-refractivity contribution in [3.63, 3.8) is 0 Å². The Hall–Kier alpha value is -12.9. The van der Waals surface area contributed by atoms with Crippen LogP contribution in [0.3, 0.4) is 0 Å². The number of imide groups is 1. The number of hydrogen-bond donors (Lipinski definition) is 20. The van der Waals surface area contributed by atoms with Crippen molar-refractivity contribution in [2.24, 2.45) is 16.0 Å². The number of carboxylic acids is 4. The van der Waals surface area contributed by atoms with Crippen LogP contribution in [-0.4, -0.2) is 323 Å². The van der Waals surface area contributed by atoms with Gasteiger partial charge in [0.1, 0.15) is 45.7 Å². The lowest BCUT2D eigenvalue weighted by Gasteiger charge is -2.33. The Labute approximate surface area is 756 Å². The predicted molar refractivity (Wildman–Crippen MR) is 473 cm³/mol. The first-order valence-corrected chi connectivity index (χ1v) is 45.6. The highest BCUT2D eigenvalue weighted by Crippen LogP contribution is 2.44. The molecule has 46 nitrogen and oxygen atoms in total. The standard InChI is InChI=1S/C82H108N20O26S3/c1-47-35-50(51-17-20-54(48(2)36-51)96-97-55-21-18-52-62(130(123,124)125)40-63(131(126,127)128)74(83)73(52)75(55)116)16-19-53(47)92-77(118)57(90-66(105)42-98-27-29-99(43-70(110)111)31-33-101(45-72(114)115)34-32-100(30-28-98)44-71(112)113)13-6-8-23-86-64(103)22-26-102-68(107)39-61(81(102)122)129-46-67(106)87-24-9-7-14-58-78(119)93-56(15-10-25-88-82(84)85)76(117)89-41-65(104)91-60(38-69(108)109)80(121)95-59(79(120)94-58)37-49-11-4-3-5-12-49/h3-5,11-12,16-21,35-36,40,56-61,116H,6-10,13-15,22-34,37-39,41-46,83H2,1-2H3,(H,86,103)(H,87,106)(H,89,117)(H,90,105)(H,91,104)(H,92,118)(H,93,119)(H,94,120)(H,95,121)(H,108,109)(H,110,111)(H,112,113)(H,114,115)(H4,84,85,88)(H,123,124,125)(H,126,127,128)/b97-96+/t56-,57+,58+,59-,60-,61?/m0/s1. The number of carbonyl (C=O) groups is 15. The SMILES string of the molecule is Cc1cc(-c2ccc(NC(=O)[C@@H](CCCCNC(=O)CCN3C(=O)CC(SCC(=O)NCCCC[C@H]4NC(=O)[C@H](Cc5ccccc5)NC(=O)[C@H](CC(=O)O)NC(=O)CNC(=O)[C@H](CCCNC(=N)N)NC4=O)C3=O)NC(=O)CN3CCN(CC(=O)O)CCN(CC(=O)O)CCN(CC(=O)O)CC3)c(C)c2)ccc1/N=N/c1ccc2c(S(=O)(=O)O)cc(S(=O)(=O)O)c(N)c2c1O. The number of amides is 11. The molecule has 0 spiro atoms.